The predicted octanol–water partition coefficient (Wildman–Crippen LogP) is 6.57. The molecule has 3 aromatic heterocycles. The van der Waals surface area contributed by atoms with Crippen LogP contribution in [0, 0.1) is 0 Å². The first-order valence-corrected chi connectivity index (χ1v) is 10.5. The predicted molar refractivity (Wildman–Crippen MR) is 129 cm³/mol. The molecule has 0 aliphatic heterocycles. The number of hydrogen-bond donors (Lipinski definition) is 0. The van der Waals surface area contributed by atoms with Gasteiger partial charge in [0.2, 0.25) is 0 Å². The monoisotopic (exact) mass is 410 g/mol. The van der Waals surface area contributed by atoms with Gasteiger partial charge in [-0.25, -0.2) is 15.0 Å². The Labute approximate surface area is 185 Å². The molecule has 6 aromatic rings. The van der Waals surface area contributed by atoms with Crippen LogP contribution in [0.25, 0.3) is 55.6 Å². The summed E-state index contributed by atoms with van der Waals surface area (Å²) >= 11 is 0. The highest BCUT2D eigenvalue weighted by Gasteiger charge is 2.07. The molecule has 0 spiro atoms. The van der Waals surface area contributed by atoms with Gasteiger partial charge in [-0.05, 0) is 29.3 Å². The number of fused-ring (bicyclic) bond motifs is 3. The Morgan fingerprint density at radius 2 is 0.969 bits per heavy atom. The van der Waals surface area contributed by atoms with E-state index in [0.29, 0.717) is 0 Å². The minimum absolute atomic E-state index is 0.735. The molecule has 0 aliphatic rings. The van der Waals surface area contributed by atoms with E-state index in [1.54, 1.807) is 12.4 Å². The number of benzene rings is 3. The molecule has 0 atom stereocenters. The van der Waals surface area contributed by atoms with E-state index in [0.717, 1.165) is 55.6 Å². The first kappa shape index (κ1) is 18.3. The molecule has 0 fully saturated rings. The summed E-state index contributed by atoms with van der Waals surface area (Å²) in [5.41, 5.74) is 7.21. The molecule has 6 rings (SSSR count). The fraction of sp³-hybridized carbons (Fsp3) is 0. The summed E-state index contributed by atoms with van der Waals surface area (Å²) in [6.45, 7) is 0. The van der Waals surface area contributed by atoms with Crippen LogP contribution in [0.1, 0.15) is 0 Å². The molecule has 4 heteroatoms. The minimum atomic E-state index is 0.735. The molecule has 0 saturated heterocycles. The fourth-order valence-electron chi connectivity index (χ4n) is 3.98. The Hall–Kier alpha value is -4.44. The van der Waals surface area contributed by atoms with Gasteiger partial charge in [0.25, 0.3) is 0 Å². The number of nitrogens with zero attached hydrogens (tertiary/aromatic N) is 4. The van der Waals surface area contributed by atoms with Crippen LogP contribution in [0.4, 0.5) is 0 Å². The van der Waals surface area contributed by atoms with E-state index in [9.17, 15) is 0 Å². The molecule has 0 unspecified atom stereocenters. The zero-order chi connectivity index (χ0) is 21.3. The molecule has 3 aromatic carbocycles. The second kappa shape index (κ2) is 7.67. The fourth-order valence-corrected chi connectivity index (χ4v) is 3.98. The van der Waals surface area contributed by atoms with Gasteiger partial charge in [0.1, 0.15) is 0 Å². The van der Waals surface area contributed by atoms with Gasteiger partial charge in [-0.1, -0.05) is 72.8 Å². The van der Waals surface area contributed by atoms with Crippen molar-refractivity contribution >= 4 is 21.8 Å². The third-order valence-electron chi connectivity index (χ3n) is 5.65. The number of aromatic nitrogens is 4. The van der Waals surface area contributed by atoms with Crippen LogP contribution in [0.3, 0.4) is 0 Å². The molecule has 32 heavy (non-hydrogen) atoms. The Balaban J connectivity index is 1.33. The van der Waals surface area contributed by atoms with Crippen LogP contribution in [-0.2, 0) is 0 Å². The molecular formula is C28H18N4. The van der Waals surface area contributed by atoms with E-state index in [1.807, 2.05) is 18.3 Å². The van der Waals surface area contributed by atoms with E-state index in [4.69, 9.17) is 4.98 Å². The summed E-state index contributed by atoms with van der Waals surface area (Å²) < 4.78 is 0. The zero-order valence-electron chi connectivity index (χ0n) is 17.2. The molecule has 0 N–H and O–H groups in total. The summed E-state index contributed by atoms with van der Waals surface area (Å²) in [6.07, 6.45) is 5.34. The second-order valence-corrected chi connectivity index (χ2v) is 7.64. The molecular weight excluding hydrogens is 392 g/mol. The third kappa shape index (κ3) is 3.28. The Morgan fingerprint density at radius 3 is 1.69 bits per heavy atom. The van der Waals surface area contributed by atoms with Gasteiger partial charge < -0.3 is 0 Å². The highest BCUT2D eigenvalue weighted by atomic mass is 14.8. The van der Waals surface area contributed by atoms with Crippen LogP contribution in [0.15, 0.2) is 110 Å². The first-order valence-electron chi connectivity index (χ1n) is 10.5. The number of pyridine rings is 2. The van der Waals surface area contributed by atoms with Crippen LogP contribution in [0.2, 0.25) is 0 Å². The average molecular weight is 410 g/mol. The molecule has 0 bridgehead atoms. The molecule has 0 saturated carbocycles. The lowest BCUT2D eigenvalue weighted by Crippen LogP contribution is -1.89. The maximum absolute atomic E-state index is 4.94. The van der Waals surface area contributed by atoms with Crippen LogP contribution >= 0.6 is 0 Å². The maximum atomic E-state index is 4.94. The van der Waals surface area contributed by atoms with E-state index in [-0.39, 0.29) is 0 Å². The summed E-state index contributed by atoms with van der Waals surface area (Å²) in [5, 5.41) is 2.20. The number of hydrogen-bond acceptors (Lipinski definition) is 4. The van der Waals surface area contributed by atoms with E-state index < -0.39 is 0 Å². The highest BCUT2D eigenvalue weighted by molar-refractivity contribution is 6.03. The zero-order valence-corrected chi connectivity index (χ0v) is 17.2. The lowest BCUT2D eigenvalue weighted by atomic mass is 10.0. The standard InChI is InChI=1S/C28H18N4/c1-3-22-10-11-23-14-15-25(32-27(23)26(22)29-16-1)21-8-4-19(5-9-21)20-6-12-24(13-7-20)28-30-17-2-18-31-28/h1-18H. The third-order valence-corrected chi connectivity index (χ3v) is 5.65. The largest absolute Gasteiger partial charge is 0.254 e. The lowest BCUT2D eigenvalue weighted by molar-refractivity contribution is 1.18. The van der Waals surface area contributed by atoms with Gasteiger partial charge in [-0.15, -0.1) is 0 Å². The molecule has 0 radical (unpaired) electrons. The van der Waals surface area contributed by atoms with Crippen LogP contribution in [0.5, 0.6) is 0 Å². The van der Waals surface area contributed by atoms with Gasteiger partial charge in [-0.3, -0.25) is 4.98 Å². The number of rotatable bonds is 3. The van der Waals surface area contributed by atoms with Crippen molar-refractivity contribution in [2.45, 2.75) is 0 Å². The summed E-state index contributed by atoms with van der Waals surface area (Å²) in [6, 6.07) is 31.1. The van der Waals surface area contributed by atoms with Crippen molar-refractivity contribution in [3.8, 4) is 33.8 Å². The van der Waals surface area contributed by atoms with Gasteiger partial charge in [-0.2, -0.15) is 0 Å². The molecule has 0 amide bonds. The molecule has 3 heterocycles. The summed E-state index contributed by atoms with van der Waals surface area (Å²) in [7, 11) is 0. The Morgan fingerprint density at radius 1 is 0.406 bits per heavy atom. The highest BCUT2D eigenvalue weighted by Crippen LogP contribution is 2.28. The average Bonchev–Trinajstić information content (AvgIpc) is 2.89. The minimum Gasteiger partial charge on any atom is -0.254 e. The Kier molecular flexibility index (Phi) is 4.40. The van der Waals surface area contributed by atoms with Crippen molar-refractivity contribution in [1.82, 2.24) is 19.9 Å². The van der Waals surface area contributed by atoms with Crippen molar-refractivity contribution in [3.05, 3.63) is 110 Å². The van der Waals surface area contributed by atoms with Crippen LogP contribution in [-0.4, -0.2) is 19.9 Å². The maximum Gasteiger partial charge on any atom is 0.159 e. The van der Waals surface area contributed by atoms with E-state index in [2.05, 4.69) is 93.8 Å². The normalized spacial score (nSPS) is 11.1. The SMILES string of the molecule is c1cnc(-c2ccc(-c3ccc(-c4ccc5ccc6cccnc6c5n4)cc3)cc2)nc1. The van der Waals surface area contributed by atoms with Crippen molar-refractivity contribution in [1.29, 1.82) is 0 Å². The topological polar surface area (TPSA) is 51.6 Å². The van der Waals surface area contributed by atoms with Crippen molar-refractivity contribution in [2.75, 3.05) is 0 Å². The van der Waals surface area contributed by atoms with Crippen molar-refractivity contribution in [2.24, 2.45) is 0 Å². The summed E-state index contributed by atoms with van der Waals surface area (Å²) in [4.78, 5) is 18.1. The quantitative estimate of drug-likeness (QED) is 0.310. The van der Waals surface area contributed by atoms with Crippen molar-refractivity contribution in [3.63, 3.8) is 0 Å². The van der Waals surface area contributed by atoms with Gasteiger partial charge in [0, 0.05) is 40.5 Å². The molecule has 150 valence electrons. The lowest BCUT2D eigenvalue weighted by Gasteiger charge is -2.08. The smallest absolute Gasteiger partial charge is 0.159 e. The second-order valence-electron chi connectivity index (χ2n) is 7.64. The van der Waals surface area contributed by atoms with Crippen molar-refractivity contribution < 1.29 is 0 Å². The summed E-state index contributed by atoms with van der Waals surface area (Å²) in [5.74, 6) is 0.735. The van der Waals surface area contributed by atoms with E-state index in [1.165, 1.54) is 0 Å². The van der Waals surface area contributed by atoms with Crippen LogP contribution < -0.4 is 0 Å². The molecule has 4 nitrogen and oxygen atoms in total. The van der Waals surface area contributed by atoms with E-state index >= 15 is 0 Å². The first-order chi connectivity index (χ1) is 15.8. The van der Waals surface area contributed by atoms with Gasteiger partial charge in [0.15, 0.2) is 5.82 Å². The van der Waals surface area contributed by atoms with Gasteiger partial charge >= 0.3 is 0 Å². The molecule has 0 aliphatic carbocycles. The Bertz CT molecular complexity index is 1540. The van der Waals surface area contributed by atoms with Gasteiger partial charge in [0.05, 0.1) is 16.7 Å².